The Labute approximate surface area is 379 Å². The third kappa shape index (κ3) is 9.79. The maximum atomic E-state index is 2.60. The summed E-state index contributed by atoms with van der Waals surface area (Å²) in [6.45, 7) is 11.5. The van der Waals surface area contributed by atoms with Crippen molar-refractivity contribution in [3.63, 3.8) is 0 Å². The normalized spacial score (nSPS) is 13.9. The van der Waals surface area contributed by atoms with Crippen LogP contribution in [0.4, 0.5) is 0 Å². The molecular formula is C60H59I. The van der Waals surface area contributed by atoms with Crippen LogP contribution in [0.15, 0.2) is 170 Å². The van der Waals surface area contributed by atoms with Gasteiger partial charge in [-0.2, -0.15) is 0 Å². The van der Waals surface area contributed by atoms with Crippen LogP contribution in [0.3, 0.4) is 0 Å². The maximum absolute atomic E-state index is 2.60. The quantitative estimate of drug-likeness (QED) is 0.0753. The van der Waals surface area contributed by atoms with Crippen LogP contribution in [0.25, 0.3) is 67.3 Å². The lowest BCUT2D eigenvalue weighted by molar-refractivity contribution is 0.364. The molecule has 1 aliphatic rings. The molecule has 306 valence electrons. The third-order valence-electron chi connectivity index (χ3n) is 12.8. The van der Waals surface area contributed by atoms with E-state index in [1.54, 1.807) is 0 Å². The van der Waals surface area contributed by atoms with Crippen molar-refractivity contribution in [2.24, 2.45) is 11.3 Å². The van der Waals surface area contributed by atoms with Crippen molar-refractivity contribution in [1.82, 2.24) is 0 Å². The van der Waals surface area contributed by atoms with Crippen molar-refractivity contribution < 1.29 is 0 Å². The van der Waals surface area contributed by atoms with Crippen LogP contribution in [-0.4, -0.2) is 0 Å². The summed E-state index contributed by atoms with van der Waals surface area (Å²) in [5, 5.41) is 2.66. The summed E-state index contributed by atoms with van der Waals surface area (Å²) in [5.74, 6) is 0.295. The molecule has 1 aliphatic carbocycles. The van der Waals surface area contributed by atoms with E-state index in [0.29, 0.717) is 5.92 Å². The number of benzene rings is 7. The van der Waals surface area contributed by atoms with Gasteiger partial charge in [-0.05, 0) is 210 Å². The van der Waals surface area contributed by atoms with Gasteiger partial charge in [-0.25, -0.2) is 0 Å². The van der Waals surface area contributed by atoms with Crippen molar-refractivity contribution in [3.05, 3.63) is 201 Å². The number of halogens is 1. The van der Waals surface area contributed by atoms with Gasteiger partial charge >= 0.3 is 0 Å². The Bertz CT molecular complexity index is 2750. The molecule has 7 aromatic carbocycles. The Morgan fingerprint density at radius 3 is 1.51 bits per heavy atom. The lowest BCUT2D eigenvalue weighted by atomic mass is 9.71. The summed E-state index contributed by atoms with van der Waals surface area (Å²) in [5.41, 5.74) is 18.0. The van der Waals surface area contributed by atoms with Crippen molar-refractivity contribution in [2.75, 3.05) is 0 Å². The first-order valence-electron chi connectivity index (χ1n) is 22.5. The van der Waals surface area contributed by atoms with Gasteiger partial charge in [0.2, 0.25) is 0 Å². The van der Waals surface area contributed by atoms with Gasteiger partial charge in [0, 0.05) is 3.57 Å². The molecule has 0 amide bonds. The summed E-state index contributed by atoms with van der Waals surface area (Å²) >= 11 is 2.41. The molecular weight excluding hydrogens is 848 g/mol. The zero-order valence-corrected chi connectivity index (χ0v) is 38.8. The van der Waals surface area contributed by atoms with Gasteiger partial charge in [-0.15, -0.1) is 0 Å². The smallest absolute Gasteiger partial charge is 0.0130 e. The van der Waals surface area contributed by atoms with E-state index in [2.05, 4.69) is 233 Å². The highest BCUT2D eigenvalue weighted by Crippen LogP contribution is 2.40. The highest BCUT2D eigenvalue weighted by molar-refractivity contribution is 14.1. The second-order valence-corrected chi connectivity index (χ2v) is 18.9. The van der Waals surface area contributed by atoms with Gasteiger partial charge in [-0.1, -0.05) is 168 Å². The standard InChI is InChI=1S/C60H59I/c1-6-9-15-42-21-25-45(26-22-42)49-35-50(47-29-31-55(61)32-30-47)37-52(36-49)56-19-14-20-57-58(40-54(41-59(56)57)60(4,5)33-8-3)53-38-48(44-17-12-11-13-18-44)34-51(39-53)46-27-23-43(24-28-46)16-10-7-2/h8,11-14,17-39,41,54H,6-7,9-10,15-16,40H2,1-5H3. The molecule has 0 spiro atoms. The van der Waals surface area contributed by atoms with Crippen LogP contribution in [0, 0.1) is 14.9 Å². The number of hydrogen-bond donors (Lipinski definition) is 0. The van der Waals surface area contributed by atoms with Gasteiger partial charge in [0.1, 0.15) is 0 Å². The highest BCUT2D eigenvalue weighted by Gasteiger charge is 2.29. The van der Waals surface area contributed by atoms with E-state index in [1.165, 1.54) is 118 Å². The summed E-state index contributed by atoms with van der Waals surface area (Å²) in [6, 6.07) is 60.1. The molecule has 0 fully saturated rings. The molecule has 0 saturated heterocycles. The molecule has 1 unspecified atom stereocenters. The minimum absolute atomic E-state index is 0.0489. The van der Waals surface area contributed by atoms with E-state index in [4.69, 9.17) is 0 Å². The summed E-state index contributed by atoms with van der Waals surface area (Å²) in [4.78, 5) is 0. The number of hydrogen-bond acceptors (Lipinski definition) is 0. The molecule has 0 radical (unpaired) electrons. The maximum Gasteiger partial charge on any atom is 0.0130 e. The fourth-order valence-electron chi connectivity index (χ4n) is 9.17. The van der Waals surface area contributed by atoms with Crippen molar-refractivity contribution in [3.8, 4) is 55.6 Å². The van der Waals surface area contributed by atoms with Crippen molar-refractivity contribution >= 4 is 34.2 Å². The van der Waals surface area contributed by atoms with E-state index in [1.807, 2.05) is 0 Å². The monoisotopic (exact) mass is 906 g/mol. The largest absolute Gasteiger partial charge is 0.0911 e. The Kier molecular flexibility index (Phi) is 13.4. The molecule has 8 rings (SSSR count). The molecule has 0 bridgehead atoms. The minimum Gasteiger partial charge on any atom is -0.0911 e. The first-order valence-corrected chi connectivity index (χ1v) is 23.6. The Morgan fingerprint density at radius 1 is 0.525 bits per heavy atom. The van der Waals surface area contributed by atoms with E-state index in [-0.39, 0.29) is 5.41 Å². The second-order valence-electron chi connectivity index (χ2n) is 17.6. The molecule has 0 aromatic heterocycles. The lowest BCUT2D eigenvalue weighted by Crippen LogP contribution is -2.37. The average Bonchev–Trinajstić information content (AvgIpc) is 3.30. The topological polar surface area (TPSA) is 0 Å². The second kappa shape index (κ2) is 19.2. The van der Waals surface area contributed by atoms with Crippen LogP contribution >= 0.6 is 22.6 Å². The van der Waals surface area contributed by atoms with Crippen LogP contribution in [0.5, 0.6) is 0 Å². The van der Waals surface area contributed by atoms with Crippen LogP contribution in [-0.2, 0) is 12.8 Å². The fraction of sp³-hybridized carbons (Fsp3) is 0.233. The van der Waals surface area contributed by atoms with Crippen LogP contribution in [0.2, 0.25) is 0 Å². The summed E-state index contributed by atoms with van der Waals surface area (Å²) < 4.78 is 1.24. The van der Waals surface area contributed by atoms with Gasteiger partial charge in [0.25, 0.3) is 0 Å². The summed E-state index contributed by atoms with van der Waals surface area (Å²) in [6.07, 6.45) is 15.3. The van der Waals surface area contributed by atoms with Gasteiger partial charge in [-0.3, -0.25) is 0 Å². The molecule has 61 heavy (non-hydrogen) atoms. The predicted octanol–water partition coefficient (Wildman–Crippen LogP) is 15.9. The highest BCUT2D eigenvalue weighted by atomic mass is 127. The predicted molar refractivity (Wildman–Crippen MR) is 273 cm³/mol. The molecule has 0 N–H and O–H groups in total. The van der Waals surface area contributed by atoms with E-state index < -0.39 is 0 Å². The lowest BCUT2D eigenvalue weighted by Gasteiger charge is -2.33. The number of unbranched alkanes of at least 4 members (excludes halogenated alkanes) is 2. The molecule has 0 nitrogen and oxygen atoms in total. The van der Waals surface area contributed by atoms with E-state index >= 15 is 0 Å². The molecule has 0 saturated carbocycles. The molecule has 1 atom stereocenters. The van der Waals surface area contributed by atoms with E-state index in [9.17, 15) is 0 Å². The molecule has 0 heterocycles. The number of allylic oxidation sites excluding steroid dienone is 2. The van der Waals surface area contributed by atoms with Crippen LogP contribution in [0.1, 0.15) is 83.4 Å². The third-order valence-corrected chi connectivity index (χ3v) is 13.5. The Morgan fingerprint density at radius 2 is 1.00 bits per heavy atom. The van der Waals surface area contributed by atoms with Gasteiger partial charge in [0.15, 0.2) is 0 Å². The fourth-order valence-corrected chi connectivity index (χ4v) is 9.53. The molecule has 0 aliphatic heterocycles. The number of rotatable bonds is 14. The van der Waals surface area contributed by atoms with Gasteiger partial charge in [0.05, 0.1) is 0 Å². The van der Waals surface area contributed by atoms with Crippen LogP contribution < -0.4 is 10.4 Å². The zero-order chi connectivity index (χ0) is 42.3. The Hall–Kier alpha value is -5.25. The molecule has 1 heteroatoms. The minimum atomic E-state index is -0.0489. The van der Waals surface area contributed by atoms with E-state index in [0.717, 1.165) is 19.3 Å². The number of aryl methyl sites for hydroxylation is 2. The first-order chi connectivity index (χ1) is 29.7. The summed E-state index contributed by atoms with van der Waals surface area (Å²) in [7, 11) is 0. The molecule has 7 aromatic rings. The number of fused-ring (bicyclic) bond motifs is 1. The average molecular weight is 907 g/mol. The van der Waals surface area contributed by atoms with Crippen molar-refractivity contribution in [2.45, 2.75) is 79.6 Å². The zero-order valence-electron chi connectivity index (χ0n) is 36.6. The van der Waals surface area contributed by atoms with Crippen molar-refractivity contribution in [1.29, 1.82) is 0 Å². The Balaban J connectivity index is 1.36. The first kappa shape index (κ1) is 42.4. The van der Waals surface area contributed by atoms with Gasteiger partial charge < -0.3 is 0 Å². The SMILES string of the molecule is CC=CC(C)(C)C1C=c2c(-c3cc(-c4ccc(I)cc4)cc(-c4ccc(CCCC)cc4)c3)cccc2=C(c2cc(-c3ccccc3)cc(-c3ccc(CCCC)cc3)c2)C1.